The second-order valence-corrected chi connectivity index (χ2v) is 7.26. The molecule has 0 aliphatic rings. The number of hydrogen-bond donors (Lipinski definition) is 1. The van der Waals surface area contributed by atoms with Crippen LogP contribution in [-0.2, 0) is 5.41 Å². The minimum absolute atomic E-state index is 0.0487. The Morgan fingerprint density at radius 1 is 0.962 bits per heavy atom. The highest BCUT2D eigenvalue weighted by molar-refractivity contribution is 5.80. The van der Waals surface area contributed by atoms with Crippen LogP contribution in [0.3, 0.4) is 0 Å². The van der Waals surface area contributed by atoms with Crippen molar-refractivity contribution in [2.24, 2.45) is 0 Å². The summed E-state index contributed by atoms with van der Waals surface area (Å²) in [6.45, 7) is 6.46. The molecule has 0 atom stereocenters. The predicted octanol–water partition coefficient (Wildman–Crippen LogP) is 5.31. The van der Waals surface area contributed by atoms with Crippen molar-refractivity contribution in [2.75, 3.05) is 5.73 Å². The normalized spacial score (nSPS) is 11.2. The molecule has 0 saturated heterocycles. The zero-order valence-corrected chi connectivity index (χ0v) is 15.0. The second-order valence-electron chi connectivity index (χ2n) is 7.26. The molecule has 3 nitrogen and oxygen atoms in total. The van der Waals surface area contributed by atoms with Crippen LogP contribution in [0.15, 0.2) is 54.6 Å². The molecule has 2 N–H and O–H groups in total. The van der Waals surface area contributed by atoms with Gasteiger partial charge in [0.05, 0.1) is 5.69 Å². The molecule has 0 fully saturated rings. The van der Waals surface area contributed by atoms with Crippen molar-refractivity contribution >= 4 is 5.82 Å². The first kappa shape index (κ1) is 17.6. The molecule has 1 heterocycles. The first-order valence-electron chi connectivity index (χ1n) is 8.37. The molecule has 0 radical (unpaired) electrons. The molecule has 0 amide bonds. The van der Waals surface area contributed by atoms with Crippen molar-refractivity contribution in [3.05, 3.63) is 71.5 Å². The molecule has 26 heavy (non-hydrogen) atoms. The summed E-state index contributed by atoms with van der Waals surface area (Å²) in [5, 5.41) is 9.52. The van der Waals surface area contributed by atoms with Gasteiger partial charge in [0, 0.05) is 11.1 Å². The summed E-state index contributed by atoms with van der Waals surface area (Å²) in [4.78, 5) is 4.32. The van der Waals surface area contributed by atoms with Crippen LogP contribution < -0.4 is 5.73 Å². The van der Waals surface area contributed by atoms with E-state index >= 15 is 0 Å². The number of benzene rings is 2. The van der Waals surface area contributed by atoms with Crippen molar-refractivity contribution in [2.45, 2.75) is 26.2 Å². The van der Waals surface area contributed by atoms with Gasteiger partial charge in [-0.25, -0.2) is 9.37 Å². The SMILES string of the molecule is CC(C)(C)c1ccc(-c2cc(-c3ccc(F)cc3)nc(N)c2C#N)cc1. The van der Waals surface area contributed by atoms with Gasteiger partial charge < -0.3 is 5.73 Å². The van der Waals surface area contributed by atoms with Crippen LogP contribution in [0.4, 0.5) is 10.2 Å². The lowest BCUT2D eigenvalue weighted by Gasteiger charge is -2.19. The highest BCUT2D eigenvalue weighted by Crippen LogP contribution is 2.32. The Morgan fingerprint density at radius 3 is 2.08 bits per heavy atom. The van der Waals surface area contributed by atoms with Gasteiger partial charge in [0.15, 0.2) is 0 Å². The summed E-state index contributed by atoms with van der Waals surface area (Å²) >= 11 is 0. The summed E-state index contributed by atoms with van der Waals surface area (Å²) in [5.74, 6) is -0.141. The minimum Gasteiger partial charge on any atom is -0.383 e. The third-order valence-corrected chi connectivity index (χ3v) is 4.36. The molecule has 0 aliphatic heterocycles. The summed E-state index contributed by atoms with van der Waals surface area (Å²) < 4.78 is 13.2. The van der Waals surface area contributed by atoms with Gasteiger partial charge in [0.25, 0.3) is 0 Å². The van der Waals surface area contributed by atoms with Gasteiger partial charge in [-0.1, -0.05) is 45.0 Å². The molecular weight excluding hydrogens is 325 g/mol. The maximum atomic E-state index is 13.2. The number of anilines is 1. The van der Waals surface area contributed by atoms with Crippen LogP contribution in [0.1, 0.15) is 31.9 Å². The Balaban J connectivity index is 2.14. The van der Waals surface area contributed by atoms with E-state index in [9.17, 15) is 9.65 Å². The van der Waals surface area contributed by atoms with Crippen LogP contribution in [0.5, 0.6) is 0 Å². The van der Waals surface area contributed by atoms with E-state index in [2.05, 4.69) is 44.0 Å². The zero-order valence-electron chi connectivity index (χ0n) is 15.0. The van der Waals surface area contributed by atoms with Gasteiger partial charge in [-0.3, -0.25) is 0 Å². The van der Waals surface area contributed by atoms with Crippen molar-refractivity contribution in [3.63, 3.8) is 0 Å². The monoisotopic (exact) mass is 345 g/mol. The third-order valence-electron chi connectivity index (χ3n) is 4.36. The maximum absolute atomic E-state index is 13.2. The quantitative estimate of drug-likeness (QED) is 0.685. The average molecular weight is 345 g/mol. The molecule has 0 bridgehead atoms. The Morgan fingerprint density at radius 2 is 1.54 bits per heavy atom. The highest BCUT2D eigenvalue weighted by Gasteiger charge is 2.16. The van der Waals surface area contributed by atoms with Crippen LogP contribution in [0.2, 0.25) is 0 Å². The number of nitrogens with zero attached hydrogens (tertiary/aromatic N) is 2. The van der Waals surface area contributed by atoms with Gasteiger partial charge in [0.1, 0.15) is 23.3 Å². The van der Waals surface area contributed by atoms with E-state index in [-0.39, 0.29) is 17.1 Å². The van der Waals surface area contributed by atoms with Crippen molar-refractivity contribution in [1.29, 1.82) is 5.26 Å². The molecular formula is C22H20FN3. The molecule has 1 aromatic heterocycles. The minimum atomic E-state index is -0.312. The molecule has 0 aliphatic carbocycles. The van der Waals surface area contributed by atoms with Crippen LogP contribution in [0.25, 0.3) is 22.4 Å². The van der Waals surface area contributed by atoms with Gasteiger partial charge in [-0.2, -0.15) is 5.26 Å². The van der Waals surface area contributed by atoms with E-state index in [0.29, 0.717) is 11.3 Å². The fraction of sp³-hybridized carbons (Fsp3) is 0.182. The lowest BCUT2D eigenvalue weighted by atomic mass is 9.86. The van der Waals surface area contributed by atoms with E-state index in [1.807, 2.05) is 18.2 Å². The molecule has 4 heteroatoms. The average Bonchev–Trinajstić information content (AvgIpc) is 2.61. The summed E-state index contributed by atoms with van der Waals surface area (Å²) in [7, 11) is 0. The standard InChI is InChI=1S/C22H20FN3/c1-22(2,3)16-8-4-14(5-9-16)18-12-20(26-21(25)19(18)13-24)15-6-10-17(23)11-7-15/h4-12H,1-3H3,(H2,25,26). The number of halogens is 1. The molecule has 2 aromatic carbocycles. The molecule has 0 unspecified atom stereocenters. The number of nitriles is 1. The Bertz CT molecular complexity index is 976. The fourth-order valence-corrected chi connectivity index (χ4v) is 2.83. The van der Waals surface area contributed by atoms with E-state index in [1.54, 1.807) is 12.1 Å². The number of hydrogen-bond acceptors (Lipinski definition) is 3. The summed E-state index contributed by atoms with van der Waals surface area (Å²) in [6.07, 6.45) is 0. The number of nitrogens with two attached hydrogens (primary N) is 1. The van der Waals surface area contributed by atoms with Crippen molar-refractivity contribution in [1.82, 2.24) is 4.98 Å². The van der Waals surface area contributed by atoms with E-state index in [0.717, 1.165) is 16.7 Å². The zero-order chi connectivity index (χ0) is 18.9. The highest BCUT2D eigenvalue weighted by atomic mass is 19.1. The molecule has 130 valence electrons. The largest absolute Gasteiger partial charge is 0.383 e. The number of pyridine rings is 1. The number of nitrogen functional groups attached to an aromatic ring is 1. The smallest absolute Gasteiger partial charge is 0.142 e. The first-order chi connectivity index (χ1) is 12.3. The van der Waals surface area contributed by atoms with Gasteiger partial charge >= 0.3 is 0 Å². The molecule has 0 saturated carbocycles. The van der Waals surface area contributed by atoms with Crippen molar-refractivity contribution < 1.29 is 4.39 Å². The van der Waals surface area contributed by atoms with Gasteiger partial charge in [-0.05, 0) is 46.9 Å². The molecule has 0 spiro atoms. The van der Waals surface area contributed by atoms with E-state index in [1.165, 1.54) is 17.7 Å². The summed E-state index contributed by atoms with van der Waals surface area (Å²) in [5.41, 5.74) is 10.6. The lowest BCUT2D eigenvalue weighted by molar-refractivity contribution is 0.590. The van der Waals surface area contributed by atoms with E-state index in [4.69, 9.17) is 5.73 Å². The fourth-order valence-electron chi connectivity index (χ4n) is 2.83. The van der Waals surface area contributed by atoms with Gasteiger partial charge in [-0.15, -0.1) is 0 Å². The number of rotatable bonds is 2. The van der Waals surface area contributed by atoms with Crippen LogP contribution in [-0.4, -0.2) is 4.98 Å². The first-order valence-corrected chi connectivity index (χ1v) is 8.37. The maximum Gasteiger partial charge on any atom is 0.142 e. The summed E-state index contributed by atoms with van der Waals surface area (Å²) in [6, 6.07) is 18.1. The van der Waals surface area contributed by atoms with Gasteiger partial charge in [0.2, 0.25) is 0 Å². The Kier molecular flexibility index (Phi) is 4.48. The Hall–Kier alpha value is -3.19. The lowest BCUT2D eigenvalue weighted by Crippen LogP contribution is -2.10. The molecule has 3 rings (SSSR count). The second kappa shape index (κ2) is 6.61. The van der Waals surface area contributed by atoms with E-state index < -0.39 is 0 Å². The van der Waals surface area contributed by atoms with Crippen LogP contribution >= 0.6 is 0 Å². The topological polar surface area (TPSA) is 62.7 Å². The van der Waals surface area contributed by atoms with Crippen molar-refractivity contribution in [3.8, 4) is 28.5 Å². The predicted molar refractivity (Wildman–Crippen MR) is 103 cm³/mol. The number of aromatic nitrogens is 1. The Labute approximate surface area is 152 Å². The molecule has 3 aromatic rings. The van der Waals surface area contributed by atoms with Crippen LogP contribution in [0, 0.1) is 17.1 Å². The third kappa shape index (κ3) is 3.43.